The fraction of sp³-hybridized carbons (Fsp3) is 0.647. The van der Waals surface area contributed by atoms with Crippen LogP contribution in [0, 0.1) is 0 Å². The number of ether oxygens (including phenoxy) is 1. The molecule has 8 heteroatoms. The van der Waals surface area contributed by atoms with Crippen LogP contribution in [0.15, 0.2) is 12.4 Å². The first kappa shape index (κ1) is 17.4. The Labute approximate surface area is 146 Å². The summed E-state index contributed by atoms with van der Waals surface area (Å²) >= 11 is 0. The van der Waals surface area contributed by atoms with Crippen molar-refractivity contribution in [2.75, 3.05) is 18.0 Å². The monoisotopic (exact) mass is 348 g/mol. The quantitative estimate of drug-likeness (QED) is 0.875. The maximum atomic E-state index is 12.4. The Kier molecular flexibility index (Phi) is 4.53. The van der Waals surface area contributed by atoms with Crippen molar-refractivity contribution >= 4 is 17.9 Å². The molecule has 2 atom stereocenters. The van der Waals surface area contributed by atoms with Gasteiger partial charge >= 0.3 is 12.1 Å². The number of carboxylic acids is 1. The number of amides is 1. The smallest absolute Gasteiger partial charge is 0.410 e. The van der Waals surface area contributed by atoms with Crippen molar-refractivity contribution in [3.05, 3.63) is 18.1 Å². The van der Waals surface area contributed by atoms with E-state index in [1.807, 2.05) is 20.8 Å². The van der Waals surface area contributed by atoms with E-state index in [9.17, 15) is 9.59 Å². The van der Waals surface area contributed by atoms with E-state index in [1.165, 1.54) is 12.4 Å². The third kappa shape index (κ3) is 3.83. The number of rotatable bonds is 2. The van der Waals surface area contributed by atoms with Crippen LogP contribution < -0.4 is 4.90 Å². The van der Waals surface area contributed by atoms with Crippen LogP contribution in [0.1, 0.15) is 50.5 Å². The molecule has 136 valence electrons. The van der Waals surface area contributed by atoms with Crippen LogP contribution in [0.4, 0.5) is 10.6 Å². The second-order valence-corrected chi connectivity index (χ2v) is 7.57. The van der Waals surface area contributed by atoms with Gasteiger partial charge in [0.15, 0.2) is 5.69 Å². The maximum absolute atomic E-state index is 12.4. The first-order valence-electron chi connectivity index (χ1n) is 8.56. The lowest BCUT2D eigenvalue weighted by Gasteiger charge is -2.30. The average Bonchev–Trinajstić information content (AvgIpc) is 2.80. The van der Waals surface area contributed by atoms with E-state index in [4.69, 9.17) is 9.84 Å². The molecule has 2 aliphatic heterocycles. The van der Waals surface area contributed by atoms with E-state index in [1.54, 1.807) is 4.90 Å². The van der Waals surface area contributed by atoms with Gasteiger partial charge in [0, 0.05) is 25.2 Å². The Hall–Kier alpha value is -2.38. The van der Waals surface area contributed by atoms with Gasteiger partial charge in [-0.05, 0) is 40.0 Å². The Morgan fingerprint density at radius 1 is 1.16 bits per heavy atom. The van der Waals surface area contributed by atoms with E-state index >= 15 is 0 Å². The Morgan fingerprint density at radius 2 is 1.88 bits per heavy atom. The molecule has 1 aromatic rings. The SMILES string of the molecule is CC(C)(C)OC(=O)N1CCC2CCC(C1)N2c1cnc(C(=O)O)cn1. The van der Waals surface area contributed by atoms with E-state index in [-0.39, 0.29) is 23.9 Å². The summed E-state index contributed by atoms with van der Waals surface area (Å²) in [5.74, 6) is -0.419. The number of fused-ring (bicyclic) bond motifs is 2. The fourth-order valence-electron chi connectivity index (χ4n) is 3.51. The highest BCUT2D eigenvalue weighted by Crippen LogP contribution is 2.34. The van der Waals surface area contributed by atoms with E-state index in [2.05, 4.69) is 14.9 Å². The first-order valence-corrected chi connectivity index (χ1v) is 8.56. The molecule has 2 fully saturated rings. The van der Waals surface area contributed by atoms with Gasteiger partial charge in [-0.2, -0.15) is 0 Å². The zero-order chi connectivity index (χ0) is 18.2. The highest BCUT2D eigenvalue weighted by molar-refractivity contribution is 5.84. The van der Waals surface area contributed by atoms with Crippen LogP contribution in [-0.2, 0) is 4.74 Å². The molecule has 0 saturated carbocycles. The van der Waals surface area contributed by atoms with Crippen molar-refractivity contribution in [3.63, 3.8) is 0 Å². The molecule has 1 amide bonds. The van der Waals surface area contributed by atoms with Gasteiger partial charge in [-0.3, -0.25) is 0 Å². The number of anilines is 1. The number of carbonyl (C=O) groups excluding carboxylic acids is 1. The number of carboxylic acid groups (broad SMARTS) is 1. The summed E-state index contributed by atoms with van der Waals surface area (Å²) in [5.41, 5.74) is -0.582. The van der Waals surface area contributed by atoms with Crippen molar-refractivity contribution in [3.8, 4) is 0 Å². The molecule has 1 aromatic heterocycles. The zero-order valence-corrected chi connectivity index (χ0v) is 14.8. The number of carbonyl (C=O) groups is 2. The largest absolute Gasteiger partial charge is 0.476 e. The van der Waals surface area contributed by atoms with Crippen molar-refractivity contribution in [1.82, 2.24) is 14.9 Å². The number of likely N-dealkylation sites (tertiary alicyclic amines) is 1. The molecule has 2 bridgehead atoms. The molecule has 2 aliphatic rings. The summed E-state index contributed by atoms with van der Waals surface area (Å²) in [6.07, 6.45) is 5.35. The lowest BCUT2D eigenvalue weighted by Crippen LogP contribution is -2.43. The highest BCUT2D eigenvalue weighted by atomic mass is 16.6. The predicted octanol–water partition coefficient (Wildman–Crippen LogP) is 2.15. The van der Waals surface area contributed by atoms with E-state index in [0.29, 0.717) is 18.9 Å². The lowest BCUT2D eigenvalue weighted by atomic mass is 10.1. The Morgan fingerprint density at radius 3 is 2.48 bits per heavy atom. The van der Waals surface area contributed by atoms with Crippen LogP contribution in [0.2, 0.25) is 0 Å². The summed E-state index contributed by atoms with van der Waals surface area (Å²) in [4.78, 5) is 35.5. The van der Waals surface area contributed by atoms with Gasteiger partial charge in [-0.15, -0.1) is 0 Å². The molecule has 0 aliphatic carbocycles. The molecule has 2 saturated heterocycles. The second-order valence-electron chi connectivity index (χ2n) is 7.57. The number of hydrogen-bond donors (Lipinski definition) is 1. The molecule has 3 heterocycles. The minimum absolute atomic E-state index is 0.0682. The summed E-state index contributed by atoms with van der Waals surface area (Å²) in [7, 11) is 0. The van der Waals surface area contributed by atoms with Gasteiger partial charge in [0.25, 0.3) is 0 Å². The highest BCUT2D eigenvalue weighted by Gasteiger charge is 2.40. The topological polar surface area (TPSA) is 95.9 Å². The lowest BCUT2D eigenvalue weighted by molar-refractivity contribution is 0.0243. The van der Waals surface area contributed by atoms with Gasteiger partial charge in [-0.1, -0.05) is 0 Å². The number of aromatic nitrogens is 2. The van der Waals surface area contributed by atoms with Gasteiger partial charge in [0.05, 0.1) is 12.4 Å². The molecule has 8 nitrogen and oxygen atoms in total. The van der Waals surface area contributed by atoms with Gasteiger partial charge in [0.1, 0.15) is 11.4 Å². The molecule has 1 N–H and O–H groups in total. The molecule has 0 spiro atoms. The fourth-order valence-corrected chi connectivity index (χ4v) is 3.51. The van der Waals surface area contributed by atoms with Gasteiger partial charge in [0.2, 0.25) is 0 Å². The van der Waals surface area contributed by atoms with E-state index < -0.39 is 11.6 Å². The third-order valence-corrected chi connectivity index (χ3v) is 4.56. The third-order valence-electron chi connectivity index (χ3n) is 4.56. The minimum atomic E-state index is -1.09. The van der Waals surface area contributed by atoms with Crippen molar-refractivity contribution in [2.24, 2.45) is 0 Å². The van der Waals surface area contributed by atoms with Gasteiger partial charge < -0.3 is 19.6 Å². The molecule has 0 aromatic carbocycles. The molecule has 3 rings (SSSR count). The predicted molar refractivity (Wildman–Crippen MR) is 90.7 cm³/mol. The zero-order valence-electron chi connectivity index (χ0n) is 14.8. The maximum Gasteiger partial charge on any atom is 0.410 e. The summed E-state index contributed by atoms with van der Waals surface area (Å²) < 4.78 is 5.50. The van der Waals surface area contributed by atoms with Crippen LogP contribution in [0.5, 0.6) is 0 Å². The van der Waals surface area contributed by atoms with Crippen molar-refractivity contribution in [2.45, 2.75) is 57.7 Å². The number of aromatic carboxylic acids is 1. The van der Waals surface area contributed by atoms with Gasteiger partial charge in [-0.25, -0.2) is 19.6 Å². The molecular weight excluding hydrogens is 324 g/mol. The van der Waals surface area contributed by atoms with Crippen LogP contribution >= 0.6 is 0 Å². The van der Waals surface area contributed by atoms with Crippen molar-refractivity contribution in [1.29, 1.82) is 0 Å². The first-order chi connectivity index (χ1) is 11.7. The molecule has 0 radical (unpaired) electrons. The second kappa shape index (κ2) is 6.50. The Balaban J connectivity index is 1.75. The summed E-state index contributed by atoms with van der Waals surface area (Å²) in [6, 6.07) is 0.424. The van der Waals surface area contributed by atoms with Crippen molar-refractivity contribution < 1.29 is 19.4 Å². The number of hydrogen-bond acceptors (Lipinski definition) is 6. The summed E-state index contributed by atoms with van der Waals surface area (Å²) in [6.45, 7) is 6.81. The van der Waals surface area contributed by atoms with Crippen LogP contribution in [-0.4, -0.2) is 62.8 Å². The number of nitrogens with zero attached hydrogens (tertiary/aromatic N) is 4. The van der Waals surface area contributed by atoms with Crippen LogP contribution in [0.25, 0.3) is 0 Å². The average molecular weight is 348 g/mol. The standard InChI is InChI=1S/C17H24N4O4/c1-17(2,3)25-16(24)20-7-6-11-4-5-12(10-20)21(11)14-9-18-13(8-19-14)15(22)23/h8-9,11-12H,4-7,10H2,1-3H3,(H,22,23). The molecule has 2 unspecified atom stereocenters. The minimum Gasteiger partial charge on any atom is -0.476 e. The molecule has 25 heavy (non-hydrogen) atoms. The Bertz CT molecular complexity index is 656. The summed E-state index contributed by atoms with van der Waals surface area (Å²) in [5, 5.41) is 8.96. The molecular formula is C17H24N4O4. The van der Waals surface area contributed by atoms with Crippen LogP contribution in [0.3, 0.4) is 0 Å². The normalized spacial score (nSPS) is 23.3. The van der Waals surface area contributed by atoms with E-state index in [0.717, 1.165) is 19.3 Å².